The van der Waals surface area contributed by atoms with E-state index in [0.717, 1.165) is 0 Å². The molecule has 1 nitrogen and oxygen atoms in total. The van der Waals surface area contributed by atoms with E-state index in [-0.39, 0.29) is 5.15 Å². The summed E-state index contributed by atoms with van der Waals surface area (Å²) in [4.78, 5) is 3.57. The lowest BCUT2D eigenvalue weighted by molar-refractivity contribution is 0.621. The van der Waals surface area contributed by atoms with E-state index in [1.54, 1.807) is 0 Å². The van der Waals surface area contributed by atoms with Crippen molar-refractivity contribution in [1.82, 2.24) is 4.98 Å². The average molecular weight is 158 g/mol. The predicted molar refractivity (Wildman–Crippen MR) is 39.3 cm³/mol. The SMILES string of the molecule is C=Cc1cnc(Cl)c(F)c1. The second kappa shape index (κ2) is 2.80. The molecule has 0 radical (unpaired) electrons. The van der Waals surface area contributed by atoms with Crippen LogP contribution < -0.4 is 0 Å². The molecule has 0 bridgehead atoms. The molecule has 0 amide bonds. The molecule has 1 rings (SSSR count). The van der Waals surface area contributed by atoms with Crippen molar-refractivity contribution in [1.29, 1.82) is 0 Å². The molecule has 3 heteroatoms. The van der Waals surface area contributed by atoms with Gasteiger partial charge in [0.1, 0.15) is 0 Å². The van der Waals surface area contributed by atoms with Gasteiger partial charge >= 0.3 is 0 Å². The molecule has 0 saturated heterocycles. The molecule has 0 aromatic carbocycles. The molecule has 0 N–H and O–H groups in total. The first kappa shape index (κ1) is 7.22. The van der Waals surface area contributed by atoms with Gasteiger partial charge < -0.3 is 0 Å². The Labute approximate surface area is 63.2 Å². The third kappa shape index (κ3) is 1.33. The minimum absolute atomic E-state index is 0.106. The summed E-state index contributed by atoms with van der Waals surface area (Å²) in [5.41, 5.74) is 0.627. The summed E-state index contributed by atoms with van der Waals surface area (Å²) in [6, 6.07) is 1.28. The smallest absolute Gasteiger partial charge is 0.164 e. The van der Waals surface area contributed by atoms with Crippen LogP contribution in [0.3, 0.4) is 0 Å². The Hall–Kier alpha value is -0.890. The topological polar surface area (TPSA) is 12.9 Å². The first-order chi connectivity index (χ1) is 4.74. The fraction of sp³-hybridized carbons (Fsp3) is 0. The summed E-state index contributed by atoms with van der Waals surface area (Å²) in [7, 11) is 0. The maximum atomic E-state index is 12.5. The number of aromatic nitrogens is 1. The summed E-state index contributed by atoms with van der Waals surface area (Å²) in [5.74, 6) is -0.515. The Morgan fingerprint density at radius 2 is 2.40 bits per heavy atom. The van der Waals surface area contributed by atoms with E-state index < -0.39 is 5.82 Å². The van der Waals surface area contributed by atoms with Crippen LogP contribution in [0.25, 0.3) is 6.08 Å². The van der Waals surface area contributed by atoms with Gasteiger partial charge in [-0.25, -0.2) is 9.37 Å². The van der Waals surface area contributed by atoms with Crippen LogP contribution in [0, 0.1) is 5.82 Å². The third-order valence-corrected chi connectivity index (χ3v) is 1.33. The maximum absolute atomic E-state index is 12.5. The molecular weight excluding hydrogens is 153 g/mol. The van der Waals surface area contributed by atoms with Crippen LogP contribution in [0.2, 0.25) is 5.15 Å². The highest BCUT2D eigenvalue weighted by Crippen LogP contribution is 2.11. The van der Waals surface area contributed by atoms with Crippen molar-refractivity contribution in [2.24, 2.45) is 0 Å². The van der Waals surface area contributed by atoms with Gasteiger partial charge in [0.25, 0.3) is 0 Å². The number of hydrogen-bond donors (Lipinski definition) is 0. The number of halogens is 2. The number of hydrogen-bond acceptors (Lipinski definition) is 1. The lowest BCUT2D eigenvalue weighted by Crippen LogP contribution is -1.82. The Balaban J connectivity index is 3.16. The van der Waals surface area contributed by atoms with E-state index in [0.29, 0.717) is 5.56 Å². The van der Waals surface area contributed by atoms with Crippen molar-refractivity contribution in [3.63, 3.8) is 0 Å². The summed E-state index contributed by atoms with van der Waals surface area (Å²) in [5, 5.41) is -0.106. The average Bonchev–Trinajstić information content (AvgIpc) is 1.95. The van der Waals surface area contributed by atoms with Crippen LogP contribution in [0.15, 0.2) is 18.8 Å². The van der Waals surface area contributed by atoms with Crippen LogP contribution >= 0.6 is 11.6 Å². The van der Waals surface area contributed by atoms with Crippen molar-refractivity contribution in [3.8, 4) is 0 Å². The molecular formula is C7H5ClFN. The summed E-state index contributed by atoms with van der Waals surface area (Å²) in [6.07, 6.45) is 2.96. The van der Waals surface area contributed by atoms with E-state index in [1.165, 1.54) is 18.3 Å². The second-order valence-electron chi connectivity index (χ2n) is 1.75. The maximum Gasteiger partial charge on any atom is 0.164 e. The molecule has 0 saturated carbocycles. The quantitative estimate of drug-likeness (QED) is 0.571. The minimum atomic E-state index is -0.515. The monoisotopic (exact) mass is 157 g/mol. The summed E-state index contributed by atoms with van der Waals surface area (Å²) >= 11 is 5.32. The van der Waals surface area contributed by atoms with Crippen LogP contribution in [0.1, 0.15) is 5.56 Å². The van der Waals surface area contributed by atoms with Crippen LogP contribution in [0.5, 0.6) is 0 Å². The zero-order valence-electron chi connectivity index (χ0n) is 5.14. The van der Waals surface area contributed by atoms with Gasteiger partial charge in [0.15, 0.2) is 11.0 Å². The number of nitrogens with zero attached hydrogens (tertiary/aromatic N) is 1. The zero-order valence-corrected chi connectivity index (χ0v) is 5.90. The molecule has 10 heavy (non-hydrogen) atoms. The zero-order chi connectivity index (χ0) is 7.56. The van der Waals surface area contributed by atoms with Gasteiger partial charge in [-0.3, -0.25) is 0 Å². The van der Waals surface area contributed by atoms with Crippen molar-refractivity contribution < 1.29 is 4.39 Å². The van der Waals surface area contributed by atoms with Gasteiger partial charge in [0.2, 0.25) is 0 Å². The fourth-order valence-corrected chi connectivity index (χ4v) is 0.651. The van der Waals surface area contributed by atoms with Crippen LogP contribution in [-0.2, 0) is 0 Å². The Bertz CT molecular complexity index is 260. The van der Waals surface area contributed by atoms with Gasteiger partial charge in [-0.1, -0.05) is 24.3 Å². The highest BCUT2D eigenvalue weighted by Gasteiger charge is 1.98. The second-order valence-corrected chi connectivity index (χ2v) is 2.10. The molecule has 0 spiro atoms. The van der Waals surface area contributed by atoms with Crippen molar-refractivity contribution in [2.75, 3.05) is 0 Å². The fourth-order valence-electron chi connectivity index (χ4n) is 0.548. The van der Waals surface area contributed by atoms with E-state index in [9.17, 15) is 4.39 Å². The van der Waals surface area contributed by atoms with Gasteiger partial charge in [-0.15, -0.1) is 0 Å². The molecule has 1 aromatic rings. The molecule has 0 unspecified atom stereocenters. The largest absolute Gasteiger partial charge is 0.241 e. The Morgan fingerprint density at radius 3 is 2.90 bits per heavy atom. The summed E-state index contributed by atoms with van der Waals surface area (Å²) < 4.78 is 12.5. The van der Waals surface area contributed by atoms with Crippen molar-refractivity contribution >= 4 is 17.7 Å². The molecule has 0 atom stereocenters. The number of rotatable bonds is 1. The van der Waals surface area contributed by atoms with E-state index in [1.807, 2.05) is 0 Å². The highest BCUT2D eigenvalue weighted by atomic mass is 35.5. The third-order valence-electron chi connectivity index (χ3n) is 1.05. The minimum Gasteiger partial charge on any atom is -0.241 e. The van der Waals surface area contributed by atoms with Crippen LogP contribution in [-0.4, -0.2) is 4.98 Å². The first-order valence-electron chi connectivity index (χ1n) is 2.67. The molecule has 52 valence electrons. The van der Waals surface area contributed by atoms with Gasteiger partial charge in [0.05, 0.1) is 0 Å². The van der Waals surface area contributed by atoms with E-state index in [2.05, 4.69) is 11.6 Å². The molecule has 0 aliphatic carbocycles. The van der Waals surface area contributed by atoms with Crippen molar-refractivity contribution in [3.05, 3.63) is 35.4 Å². The summed E-state index contributed by atoms with van der Waals surface area (Å²) in [6.45, 7) is 3.45. The highest BCUT2D eigenvalue weighted by molar-refractivity contribution is 6.29. The van der Waals surface area contributed by atoms with Gasteiger partial charge in [-0.05, 0) is 11.6 Å². The lowest BCUT2D eigenvalue weighted by atomic mass is 10.3. The standard InChI is InChI=1S/C7H5ClFN/c1-2-5-3-6(9)7(8)10-4-5/h2-4H,1H2. The molecule has 0 fully saturated rings. The van der Waals surface area contributed by atoms with E-state index in [4.69, 9.17) is 11.6 Å². The lowest BCUT2D eigenvalue weighted by Gasteiger charge is -1.93. The Kier molecular flexibility index (Phi) is 2.02. The van der Waals surface area contributed by atoms with Crippen molar-refractivity contribution in [2.45, 2.75) is 0 Å². The molecule has 0 aliphatic heterocycles. The number of pyridine rings is 1. The van der Waals surface area contributed by atoms with Gasteiger partial charge in [-0.2, -0.15) is 0 Å². The normalized spacial score (nSPS) is 9.40. The first-order valence-corrected chi connectivity index (χ1v) is 3.05. The predicted octanol–water partition coefficient (Wildman–Crippen LogP) is 2.52. The molecule has 1 aromatic heterocycles. The molecule has 0 aliphatic rings. The van der Waals surface area contributed by atoms with Gasteiger partial charge in [0, 0.05) is 6.20 Å². The van der Waals surface area contributed by atoms with Crippen LogP contribution in [0.4, 0.5) is 4.39 Å². The molecule has 1 heterocycles. The van der Waals surface area contributed by atoms with E-state index >= 15 is 0 Å². The Morgan fingerprint density at radius 1 is 1.70 bits per heavy atom.